The van der Waals surface area contributed by atoms with E-state index < -0.39 is 4.92 Å². The predicted molar refractivity (Wildman–Crippen MR) is 122 cm³/mol. The maximum atomic E-state index is 12.0. The Morgan fingerprint density at radius 3 is 2.84 bits per heavy atom. The molecule has 0 fully saturated rings. The summed E-state index contributed by atoms with van der Waals surface area (Å²) in [7, 11) is 0. The van der Waals surface area contributed by atoms with Crippen LogP contribution in [0.1, 0.15) is 24.5 Å². The van der Waals surface area contributed by atoms with Gasteiger partial charge in [-0.15, -0.1) is 0 Å². The highest BCUT2D eigenvalue weighted by Crippen LogP contribution is 2.36. The fraction of sp³-hybridized carbons (Fsp3) is 0.217. The van der Waals surface area contributed by atoms with Gasteiger partial charge in [0, 0.05) is 41.8 Å². The van der Waals surface area contributed by atoms with Gasteiger partial charge in [0.15, 0.2) is 0 Å². The SMILES string of the molecule is CCc1cccc2c(C3=CCN(c4cc5nc[nH]c(=O)c5cc4[N+](=O)[O-])CC3)c[nH]c12. The number of aryl methyl sites for hydroxylation is 1. The van der Waals surface area contributed by atoms with Gasteiger partial charge in [-0.1, -0.05) is 31.2 Å². The molecule has 0 unspecified atom stereocenters. The molecule has 5 rings (SSSR count). The van der Waals surface area contributed by atoms with Crippen molar-refractivity contribution in [2.24, 2.45) is 0 Å². The predicted octanol–water partition coefficient (Wildman–Crippen LogP) is 4.17. The van der Waals surface area contributed by atoms with E-state index in [1.807, 2.05) is 4.90 Å². The zero-order valence-corrected chi connectivity index (χ0v) is 17.0. The summed E-state index contributed by atoms with van der Waals surface area (Å²) >= 11 is 0. The van der Waals surface area contributed by atoms with E-state index in [9.17, 15) is 14.9 Å². The normalized spacial score (nSPS) is 14.2. The molecule has 0 saturated carbocycles. The topological polar surface area (TPSA) is 108 Å². The first kappa shape index (κ1) is 19.0. The Hall–Kier alpha value is -3.94. The number of nitro groups is 1. The van der Waals surface area contributed by atoms with Crippen molar-refractivity contribution in [3.63, 3.8) is 0 Å². The molecule has 1 aliphatic heterocycles. The second-order valence-corrected chi connectivity index (χ2v) is 7.67. The molecule has 8 heteroatoms. The van der Waals surface area contributed by atoms with E-state index in [0.717, 1.165) is 12.8 Å². The summed E-state index contributed by atoms with van der Waals surface area (Å²) in [6.45, 7) is 3.33. The first-order valence-corrected chi connectivity index (χ1v) is 10.3. The zero-order chi connectivity index (χ0) is 21.5. The summed E-state index contributed by atoms with van der Waals surface area (Å²) in [5.41, 5.74) is 5.34. The van der Waals surface area contributed by atoms with Crippen LogP contribution in [0.2, 0.25) is 0 Å². The molecule has 3 heterocycles. The number of benzene rings is 2. The van der Waals surface area contributed by atoms with Gasteiger partial charge in [0.1, 0.15) is 5.69 Å². The van der Waals surface area contributed by atoms with Crippen molar-refractivity contribution in [1.82, 2.24) is 15.0 Å². The molecule has 2 aromatic carbocycles. The van der Waals surface area contributed by atoms with Crippen LogP contribution in [0.4, 0.5) is 11.4 Å². The van der Waals surface area contributed by atoms with Crippen molar-refractivity contribution in [2.45, 2.75) is 19.8 Å². The summed E-state index contributed by atoms with van der Waals surface area (Å²) in [6.07, 6.45) is 7.23. The maximum Gasteiger partial charge on any atom is 0.293 e. The molecule has 0 spiro atoms. The summed E-state index contributed by atoms with van der Waals surface area (Å²) < 4.78 is 0. The third-order valence-corrected chi connectivity index (χ3v) is 6.01. The Bertz CT molecular complexity index is 1420. The zero-order valence-electron chi connectivity index (χ0n) is 17.0. The summed E-state index contributed by atoms with van der Waals surface area (Å²) in [5, 5.41) is 13.1. The monoisotopic (exact) mass is 415 g/mol. The largest absolute Gasteiger partial charge is 0.362 e. The Balaban J connectivity index is 1.52. The van der Waals surface area contributed by atoms with Crippen molar-refractivity contribution in [1.29, 1.82) is 0 Å². The van der Waals surface area contributed by atoms with Crippen molar-refractivity contribution < 1.29 is 4.92 Å². The van der Waals surface area contributed by atoms with Crippen LogP contribution in [0.15, 0.2) is 53.7 Å². The summed E-state index contributed by atoms with van der Waals surface area (Å²) in [6, 6.07) is 9.31. The first-order chi connectivity index (χ1) is 15.1. The number of hydrogen-bond acceptors (Lipinski definition) is 5. The van der Waals surface area contributed by atoms with E-state index in [4.69, 9.17) is 0 Å². The van der Waals surface area contributed by atoms with Crippen molar-refractivity contribution in [3.05, 3.63) is 80.5 Å². The summed E-state index contributed by atoms with van der Waals surface area (Å²) in [4.78, 5) is 35.3. The second kappa shape index (κ2) is 7.39. The minimum Gasteiger partial charge on any atom is -0.362 e. The fourth-order valence-electron chi connectivity index (χ4n) is 4.40. The molecule has 0 bridgehead atoms. The molecule has 0 atom stereocenters. The van der Waals surface area contributed by atoms with Crippen LogP contribution in [-0.4, -0.2) is 33.0 Å². The van der Waals surface area contributed by atoms with Crippen LogP contribution in [0.3, 0.4) is 0 Å². The van der Waals surface area contributed by atoms with E-state index >= 15 is 0 Å². The van der Waals surface area contributed by atoms with Crippen LogP contribution in [0.25, 0.3) is 27.4 Å². The molecule has 0 aliphatic carbocycles. The fourth-order valence-corrected chi connectivity index (χ4v) is 4.40. The average Bonchev–Trinajstić information content (AvgIpc) is 3.23. The number of anilines is 1. The number of nitro benzene ring substituents is 1. The van der Waals surface area contributed by atoms with E-state index in [0.29, 0.717) is 24.3 Å². The lowest BCUT2D eigenvalue weighted by molar-refractivity contribution is -0.384. The minimum atomic E-state index is -0.438. The van der Waals surface area contributed by atoms with Gasteiger partial charge in [-0.2, -0.15) is 0 Å². The molecule has 1 aliphatic rings. The van der Waals surface area contributed by atoms with Gasteiger partial charge in [0.05, 0.1) is 22.2 Å². The van der Waals surface area contributed by atoms with Crippen LogP contribution in [0, 0.1) is 10.1 Å². The Morgan fingerprint density at radius 2 is 2.10 bits per heavy atom. The van der Waals surface area contributed by atoms with E-state index in [1.54, 1.807) is 6.07 Å². The number of hydrogen-bond donors (Lipinski definition) is 2. The third-order valence-electron chi connectivity index (χ3n) is 6.01. The number of aromatic nitrogens is 3. The van der Waals surface area contributed by atoms with Gasteiger partial charge in [0.25, 0.3) is 11.2 Å². The van der Waals surface area contributed by atoms with Gasteiger partial charge in [-0.25, -0.2) is 4.98 Å². The number of nitrogens with one attached hydrogen (secondary N) is 2. The Kier molecular flexibility index (Phi) is 4.54. The van der Waals surface area contributed by atoms with Crippen molar-refractivity contribution in [2.75, 3.05) is 18.0 Å². The number of aromatic amines is 2. The van der Waals surface area contributed by atoms with Crippen LogP contribution >= 0.6 is 0 Å². The molecule has 8 nitrogen and oxygen atoms in total. The van der Waals surface area contributed by atoms with Crippen LogP contribution < -0.4 is 10.5 Å². The smallest absolute Gasteiger partial charge is 0.293 e. The quantitative estimate of drug-likeness (QED) is 0.384. The number of H-pyrrole nitrogens is 2. The van der Waals surface area contributed by atoms with Crippen LogP contribution in [0.5, 0.6) is 0 Å². The third kappa shape index (κ3) is 3.16. The second-order valence-electron chi connectivity index (χ2n) is 7.67. The number of nitrogens with zero attached hydrogens (tertiary/aromatic N) is 3. The molecular weight excluding hydrogens is 394 g/mol. The minimum absolute atomic E-state index is 0.0810. The standard InChI is InChI=1S/C23H21N5O3/c1-2-14-4-3-5-16-18(12-24-22(14)16)15-6-8-27(9-7-15)20-11-19-17(10-21(20)28(30)31)23(29)26-13-25-19/h3-6,10-13,24H,2,7-9H2,1H3,(H,25,26,29). The lowest BCUT2D eigenvalue weighted by Crippen LogP contribution is -2.29. The molecule has 2 N–H and O–H groups in total. The average molecular weight is 415 g/mol. The Labute approximate surface area is 177 Å². The van der Waals surface area contributed by atoms with E-state index in [-0.39, 0.29) is 16.6 Å². The molecule has 0 radical (unpaired) electrons. The molecule has 31 heavy (non-hydrogen) atoms. The lowest BCUT2D eigenvalue weighted by atomic mass is 9.97. The molecular formula is C23H21N5O3. The van der Waals surface area contributed by atoms with E-state index in [2.05, 4.69) is 52.3 Å². The van der Waals surface area contributed by atoms with Crippen molar-refractivity contribution in [3.8, 4) is 0 Å². The number of fused-ring (bicyclic) bond motifs is 2. The van der Waals surface area contributed by atoms with Gasteiger partial charge in [-0.3, -0.25) is 14.9 Å². The highest BCUT2D eigenvalue weighted by atomic mass is 16.6. The van der Waals surface area contributed by atoms with Gasteiger partial charge >= 0.3 is 0 Å². The Morgan fingerprint density at radius 1 is 1.23 bits per heavy atom. The van der Waals surface area contributed by atoms with Crippen LogP contribution in [-0.2, 0) is 6.42 Å². The van der Waals surface area contributed by atoms with Gasteiger partial charge in [0.2, 0.25) is 0 Å². The highest BCUT2D eigenvalue weighted by molar-refractivity contribution is 5.95. The molecule has 0 saturated heterocycles. The van der Waals surface area contributed by atoms with E-state index in [1.165, 1.54) is 40.0 Å². The molecule has 0 amide bonds. The summed E-state index contributed by atoms with van der Waals surface area (Å²) in [5.74, 6) is 0. The first-order valence-electron chi connectivity index (χ1n) is 10.3. The molecule has 156 valence electrons. The number of para-hydroxylation sites is 1. The van der Waals surface area contributed by atoms with Gasteiger partial charge in [-0.05, 0) is 30.0 Å². The highest BCUT2D eigenvalue weighted by Gasteiger charge is 2.24. The lowest BCUT2D eigenvalue weighted by Gasteiger charge is -2.28. The van der Waals surface area contributed by atoms with Gasteiger partial charge < -0.3 is 14.9 Å². The molecule has 2 aromatic heterocycles. The maximum absolute atomic E-state index is 12.0. The number of rotatable bonds is 4. The molecule has 4 aromatic rings. The van der Waals surface area contributed by atoms with Crippen molar-refractivity contribution >= 4 is 38.8 Å².